The van der Waals surface area contributed by atoms with Gasteiger partial charge in [0.25, 0.3) is 0 Å². The first-order valence-corrected chi connectivity index (χ1v) is 9.23. The van der Waals surface area contributed by atoms with Crippen molar-refractivity contribution in [2.24, 2.45) is 11.8 Å². The molecular formula is C21H31NO5. The van der Waals surface area contributed by atoms with Crippen molar-refractivity contribution in [2.45, 2.75) is 66.2 Å². The van der Waals surface area contributed by atoms with Gasteiger partial charge in [0.15, 0.2) is 5.78 Å². The summed E-state index contributed by atoms with van der Waals surface area (Å²) in [6, 6.07) is 8.44. The number of esters is 1. The Labute approximate surface area is 161 Å². The maximum atomic E-state index is 12.8. The second kappa shape index (κ2) is 10.1. The van der Waals surface area contributed by atoms with Gasteiger partial charge in [-0.1, -0.05) is 44.2 Å². The first-order chi connectivity index (χ1) is 12.5. The lowest BCUT2D eigenvalue weighted by molar-refractivity contribution is -0.153. The van der Waals surface area contributed by atoms with Crippen molar-refractivity contribution in [1.29, 1.82) is 0 Å². The van der Waals surface area contributed by atoms with Gasteiger partial charge in [-0.25, -0.2) is 4.79 Å². The van der Waals surface area contributed by atoms with E-state index in [1.807, 2.05) is 44.2 Å². The zero-order valence-corrected chi connectivity index (χ0v) is 17.1. The van der Waals surface area contributed by atoms with E-state index >= 15 is 0 Å². The Morgan fingerprint density at radius 2 is 1.63 bits per heavy atom. The second-order valence-electron chi connectivity index (χ2n) is 8.05. The Morgan fingerprint density at radius 1 is 1.04 bits per heavy atom. The van der Waals surface area contributed by atoms with Crippen molar-refractivity contribution < 1.29 is 23.9 Å². The van der Waals surface area contributed by atoms with Gasteiger partial charge in [-0.2, -0.15) is 0 Å². The summed E-state index contributed by atoms with van der Waals surface area (Å²) in [6.07, 6.45) is -0.264. The Balaban J connectivity index is 2.71. The minimum Gasteiger partial charge on any atom is -0.460 e. The highest BCUT2D eigenvalue weighted by Gasteiger charge is 2.32. The Bertz CT molecular complexity index is 634. The molecule has 1 rings (SSSR count). The summed E-state index contributed by atoms with van der Waals surface area (Å²) in [4.78, 5) is 37.1. The molecular weight excluding hydrogens is 346 g/mol. The summed E-state index contributed by atoms with van der Waals surface area (Å²) >= 11 is 0. The fraction of sp³-hybridized carbons (Fsp3) is 0.571. The number of Topliss-reactive ketones (excluding diaryl/α,β-unsaturated/α-hetero) is 1. The molecule has 0 heterocycles. The third kappa shape index (κ3) is 8.71. The van der Waals surface area contributed by atoms with Crippen LogP contribution in [0.2, 0.25) is 0 Å². The fourth-order valence-electron chi connectivity index (χ4n) is 2.44. The Morgan fingerprint density at radius 3 is 2.15 bits per heavy atom. The van der Waals surface area contributed by atoms with Crippen molar-refractivity contribution in [3.05, 3.63) is 35.9 Å². The summed E-state index contributed by atoms with van der Waals surface area (Å²) in [7, 11) is 0. The highest BCUT2D eigenvalue weighted by atomic mass is 16.6. The smallest absolute Gasteiger partial charge is 0.408 e. The summed E-state index contributed by atoms with van der Waals surface area (Å²) in [5, 5.41) is 2.60. The van der Waals surface area contributed by atoms with E-state index in [-0.39, 0.29) is 18.3 Å². The van der Waals surface area contributed by atoms with E-state index in [0.717, 1.165) is 5.56 Å². The molecule has 0 fully saturated rings. The van der Waals surface area contributed by atoms with E-state index in [1.165, 1.54) is 6.92 Å². The van der Waals surface area contributed by atoms with Gasteiger partial charge in [0.1, 0.15) is 18.1 Å². The number of benzene rings is 1. The SMILES string of the molecule is CC(C)C[C@H](NC(=O)OC(C)(C)C)C(=O)C(C)C(=O)OCc1ccccc1. The number of alkyl carbamates (subject to hydrolysis) is 1. The minimum absolute atomic E-state index is 0.103. The Hall–Kier alpha value is -2.37. The largest absolute Gasteiger partial charge is 0.460 e. The molecule has 1 aromatic carbocycles. The van der Waals surface area contributed by atoms with Crippen LogP contribution in [0.5, 0.6) is 0 Å². The predicted octanol–water partition coefficient (Wildman–Crippen LogP) is 3.87. The van der Waals surface area contributed by atoms with E-state index in [2.05, 4.69) is 5.32 Å². The summed E-state index contributed by atoms with van der Waals surface area (Å²) in [5.74, 6) is -1.81. The van der Waals surface area contributed by atoms with Crippen LogP contribution in [0.4, 0.5) is 4.79 Å². The molecule has 6 heteroatoms. The maximum absolute atomic E-state index is 12.8. The number of hydrogen-bond donors (Lipinski definition) is 1. The summed E-state index contributed by atoms with van der Waals surface area (Å²) < 4.78 is 10.5. The van der Waals surface area contributed by atoms with Gasteiger partial charge in [0.2, 0.25) is 0 Å². The first-order valence-electron chi connectivity index (χ1n) is 9.23. The highest BCUT2D eigenvalue weighted by molar-refractivity contribution is 6.02. The van der Waals surface area contributed by atoms with Gasteiger partial charge in [0, 0.05) is 0 Å². The molecule has 2 atom stereocenters. The lowest BCUT2D eigenvalue weighted by Gasteiger charge is -2.25. The number of ketones is 1. The molecule has 0 aromatic heterocycles. The van der Waals surface area contributed by atoms with Gasteiger partial charge in [0.05, 0.1) is 6.04 Å². The maximum Gasteiger partial charge on any atom is 0.408 e. The lowest BCUT2D eigenvalue weighted by Crippen LogP contribution is -2.47. The van der Waals surface area contributed by atoms with E-state index in [9.17, 15) is 14.4 Å². The minimum atomic E-state index is -0.979. The van der Waals surface area contributed by atoms with Crippen molar-refractivity contribution in [2.75, 3.05) is 0 Å². The summed E-state index contributed by atoms with van der Waals surface area (Å²) in [6.45, 7) is 10.7. The molecule has 1 aromatic rings. The van der Waals surface area contributed by atoms with Crippen LogP contribution in [-0.2, 0) is 25.7 Å². The fourth-order valence-corrected chi connectivity index (χ4v) is 2.44. The molecule has 0 radical (unpaired) electrons. The molecule has 150 valence electrons. The standard InChI is InChI=1S/C21H31NO5/c1-14(2)12-17(22-20(25)27-21(4,5)6)18(23)15(3)19(24)26-13-16-10-8-7-9-11-16/h7-11,14-15,17H,12-13H2,1-6H3,(H,22,25)/t15?,17-/m0/s1. The normalized spacial score (nSPS) is 13.6. The van der Waals surface area contributed by atoms with Gasteiger partial charge in [-0.05, 0) is 45.6 Å². The average Bonchev–Trinajstić information content (AvgIpc) is 2.56. The van der Waals surface area contributed by atoms with E-state index < -0.39 is 29.6 Å². The molecule has 0 spiro atoms. The number of carbonyl (C=O) groups excluding carboxylic acids is 3. The molecule has 0 aliphatic rings. The summed E-state index contributed by atoms with van der Waals surface area (Å²) in [5.41, 5.74) is 0.173. The second-order valence-corrected chi connectivity index (χ2v) is 8.05. The van der Waals surface area contributed by atoms with Gasteiger partial charge in [-0.15, -0.1) is 0 Å². The van der Waals surface area contributed by atoms with Crippen LogP contribution in [0.15, 0.2) is 30.3 Å². The van der Waals surface area contributed by atoms with Crippen LogP contribution in [0.25, 0.3) is 0 Å². The predicted molar refractivity (Wildman–Crippen MR) is 103 cm³/mol. The van der Waals surface area contributed by atoms with E-state index in [0.29, 0.717) is 6.42 Å². The van der Waals surface area contributed by atoms with Crippen LogP contribution >= 0.6 is 0 Å². The van der Waals surface area contributed by atoms with Crippen LogP contribution in [0, 0.1) is 11.8 Å². The monoisotopic (exact) mass is 377 g/mol. The third-order valence-corrected chi connectivity index (χ3v) is 3.75. The van der Waals surface area contributed by atoms with E-state index in [4.69, 9.17) is 9.47 Å². The van der Waals surface area contributed by atoms with Crippen LogP contribution in [-0.4, -0.2) is 29.5 Å². The van der Waals surface area contributed by atoms with Gasteiger partial charge < -0.3 is 14.8 Å². The van der Waals surface area contributed by atoms with Crippen LogP contribution in [0.1, 0.15) is 53.5 Å². The molecule has 0 aliphatic carbocycles. The number of ether oxygens (including phenoxy) is 2. The Kier molecular flexibility index (Phi) is 8.47. The molecule has 1 unspecified atom stereocenters. The molecule has 6 nitrogen and oxygen atoms in total. The van der Waals surface area contributed by atoms with Crippen molar-refractivity contribution in [1.82, 2.24) is 5.32 Å². The quantitative estimate of drug-likeness (QED) is 0.549. The number of hydrogen-bond acceptors (Lipinski definition) is 5. The molecule has 1 amide bonds. The highest BCUT2D eigenvalue weighted by Crippen LogP contribution is 2.14. The zero-order valence-electron chi connectivity index (χ0n) is 17.1. The molecule has 0 saturated heterocycles. The van der Waals surface area contributed by atoms with Gasteiger partial charge in [-0.3, -0.25) is 9.59 Å². The third-order valence-electron chi connectivity index (χ3n) is 3.75. The molecule has 0 bridgehead atoms. The first kappa shape index (κ1) is 22.7. The molecule has 1 N–H and O–H groups in total. The number of nitrogens with one attached hydrogen (secondary N) is 1. The number of amides is 1. The topological polar surface area (TPSA) is 81.7 Å². The molecule has 0 saturated carbocycles. The zero-order chi connectivity index (χ0) is 20.6. The number of carbonyl (C=O) groups is 3. The van der Waals surface area contributed by atoms with Gasteiger partial charge >= 0.3 is 12.1 Å². The van der Waals surface area contributed by atoms with Crippen LogP contribution in [0.3, 0.4) is 0 Å². The van der Waals surface area contributed by atoms with Crippen molar-refractivity contribution >= 4 is 17.8 Å². The molecule has 0 aliphatic heterocycles. The lowest BCUT2D eigenvalue weighted by atomic mass is 9.93. The molecule has 27 heavy (non-hydrogen) atoms. The van der Waals surface area contributed by atoms with Crippen molar-refractivity contribution in [3.63, 3.8) is 0 Å². The van der Waals surface area contributed by atoms with E-state index in [1.54, 1.807) is 20.8 Å². The van der Waals surface area contributed by atoms with Crippen molar-refractivity contribution in [3.8, 4) is 0 Å². The van der Waals surface area contributed by atoms with Crippen LogP contribution < -0.4 is 5.32 Å². The average molecular weight is 377 g/mol. The number of rotatable bonds is 8.